The number of pyridine rings is 1. The summed E-state index contributed by atoms with van der Waals surface area (Å²) in [6, 6.07) is 17.8. The van der Waals surface area contributed by atoms with Gasteiger partial charge in [0.25, 0.3) is 5.91 Å². The van der Waals surface area contributed by atoms with E-state index in [2.05, 4.69) is 48.2 Å². The van der Waals surface area contributed by atoms with E-state index < -0.39 is 57.0 Å². The molecule has 1 unspecified atom stereocenters. The Labute approximate surface area is 384 Å². The number of likely N-dealkylation sites (tertiary alicyclic amines) is 1. The van der Waals surface area contributed by atoms with Crippen LogP contribution < -0.4 is 19.8 Å². The van der Waals surface area contributed by atoms with Crippen molar-refractivity contribution in [3.05, 3.63) is 107 Å². The lowest BCUT2D eigenvalue weighted by Crippen LogP contribution is -2.52. The van der Waals surface area contributed by atoms with E-state index in [1.807, 2.05) is 29.0 Å². The summed E-state index contributed by atoms with van der Waals surface area (Å²) in [4.78, 5) is 67.8. The number of carbonyl (C=O) groups excluding carboxylic acids is 4. The van der Waals surface area contributed by atoms with E-state index >= 15 is 8.78 Å². The molecule has 5 saturated heterocycles. The number of anilines is 3. The molecule has 2 aromatic heterocycles. The maximum Gasteiger partial charge on any atom is 0.301 e. The number of rotatable bonds is 10. The zero-order chi connectivity index (χ0) is 46.3. The standard InChI is InChI=1S/C48H48F3N9O6S/c49-31-11-16-58(25-31)67(65,66)55-40-8-7-39(50)43(44(40)51)45(62)38-21-53-46-37(38)19-29(20-52-46)28-1-3-32(4-2-28)57-22-27-17-35(26-57)59(23-27)33-12-14-56(15-13-33)34-5-6-36-30(18-34)24-60(48(36)64)41-9-10-42(61)54-47(41)63/h1-8,18-21,27,31,33,35,41,55H,9-17,22-26H2,(H,52,53)(H,54,61,63)/t27-,31-,35+,41?/m1/s1. The first kappa shape index (κ1) is 43.3. The lowest BCUT2D eigenvalue weighted by atomic mass is 9.97. The zero-order valence-electron chi connectivity index (χ0n) is 36.4. The van der Waals surface area contributed by atoms with Crippen molar-refractivity contribution in [1.29, 1.82) is 0 Å². The van der Waals surface area contributed by atoms with Crippen molar-refractivity contribution in [3.8, 4) is 11.1 Å². The molecule has 6 aliphatic rings. The van der Waals surface area contributed by atoms with Crippen LogP contribution in [0.3, 0.4) is 0 Å². The zero-order valence-corrected chi connectivity index (χ0v) is 37.2. The van der Waals surface area contributed by atoms with Gasteiger partial charge < -0.3 is 19.7 Å². The SMILES string of the molecule is O=C1CCC(N2Cc3cc(N4CCC(N5C[C@@H]6C[C@H]5CN(c5ccc(-c7cnc8[nH]cc(C(=O)c9c(F)ccc(NS(=O)(=O)N%10CC[C@@H](F)C%10)c9F)c8c7)cc5)C6)CC4)ccc3C2=O)C(=O)N1. The van der Waals surface area contributed by atoms with Crippen molar-refractivity contribution in [2.45, 2.75) is 69.4 Å². The van der Waals surface area contributed by atoms with Crippen LogP contribution in [-0.4, -0.2) is 126 Å². The van der Waals surface area contributed by atoms with Gasteiger partial charge in [-0.25, -0.2) is 18.2 Å². The van der Waals surface area contributed by atoms with Gasteiger partial charge in [0.15, 0.2) is 5.82 Å². The first-order chi connectivity index (χ1) is 32.3. The van der Waals surface area contributed by atoms with Crippen molar-refractivity contribution in [2.24, 2.45) is 5.92 Å². The molecule has 2 bridgehead atoms. The summed E-state index contributed by atoms with van der Waals surface area (Å²) in [5.41, 5.74) is 3.96. The molecule has 4 atom stereocenters. The summed E-state index contributed by atoms with van der Waals surface area (Å²) in [6.45, 7) is 4.59. The van der Waals surface area contributed by atoms with E-state index in [-0.39, 0.29) is 43.3 Å². The van der Waals surface area contributed by atoms with Gasteiger partial charge in [-0.05, 0) is 97.7 Å². The highest BCUT2D eigenvalue weighted by Crippen LogP contribution is 2.38. The normalized spacial score (nSPS) is 23.9. The van der Waals surface area contributed by atoms with Gasteiger partial charge in [0, 0.05) is 117 Å². The summed E-state index contributed by atoms with van der Waals surface area (Å²) in [6.07, 6.45) is 5.42. The van der Waals surface area contributed by atoms with Crippen LogP contribution in [0.4, 0.5) is 30.2 Å². The smallest absolute Gasteiger partial charge is 0.301 e. The molecule has 0 saturated carbocycles. The van der Waals surface area contributed by atoms with Crippen molar-refractivity contribution in [3.63, 3.8) is 0 Å². The van der Waals surface area contributed by atoms with Crippen molar-refractivity contribution >= 4 is 61.8 Å². The monoisotopic (exact) mass is 935 g/mol. The van der Waals surface area contributed by atoms with Crippen molar-refractivity contribution < 1.29 is 40.8 Å². The number of alkyl halides is 1. The number of fused-ring (bicyclic) bond motifs is 4. The van der Waals surface area contributed by atoms with Gasteiger partial charge in [0.05, 0.1) is 11.3 Å². The molecule has 5 fully saturated rings. The Hall–Kier alpha value is -6.31. The number of H-pyrrole nitrogens is 1. The van der Waals surface area contributed by atoms with Gasteiger partial charge in [0.2, 0.25) is 17.6 Å². The second kappa shape index (κ2) is 16.8. The summed E-state index contributed by atoms with van der Waals surface area (Å²) in [5.74, 6) is -3.88. The number of piperidine rings is 3. The number of nitrogens with one attached hydrogen (secondary N) is 3. The number of benzene rings is 3. The number of halogens is 3. The van der Waals surface area contributed by atoms with Crippen LogP contribution in [-0.2, 0) is 26.3 Å². The van der Waals surface area contributed by atoms with Gasteiger partial charge >= 0.3 is 10.2 Å². The van der Waals surface area contributed by atoms with Crippen LogP contribution in [0.1, 0.15) is 70.4 Å². The Morgan fingerprint density at radius 1 is 0.821 bits per heavy atom. The van der Waals surface area contributed by atoms with Crippen LogP contribution in [0.5, 0.6) is 0 Å². The Bertz CT molecular complexity index is 2960. The number of hydrogen-bond acceptors (Lipinski definition) is 10. The molecule has 3 aromatic carbocycles. The molecular weight excluding hydrogens is 888 g/mol. The maximum absolute atomic E-state index is 15.8. The second-order valence-electron chi connectivity index (χ2n) is 18.7. The van der Waals surface area contributed by atoms with Gasteiger partial charge in [-0.1, -0.05) is 12.1 Å². The number of nitrogens with zero attached hydrogens (tertiary/aromatic N) is 6. The molecule has 19 heteroatoms. The minimum Gasteiger partial charge on any atom is -0.371 e. The third-order valence-corrected chi connectivity index (χ3v) is 16.1. The highest BCUT2D eigenvalue weighted by Gasteiger charge is 2.43. The lowest BCUT2D eigenvalue weighted by Gasteiger charge is -2.41. The third-order valence-electron chi connectivity index (χ3n) is 14.6. The van der Waals surface area contributed by atoms with Gasteiger partial charge in [0.1, 0.15) is 23.7 Å². The van der Waals surface area contributed by atoms with Crippen LogP contribution in [0.15, 0.2) is 73.1 Å². The van der Waals surface area contributed by atoms with Crippen LogP contribution >= 0.6 is 0 Å². The van der Waals surface area contributed by atoms with Crippen LogP contribution in [0.25, 0.3) is 22.2 Å². The van der Waals surface area contributed by atoms with E-state index in [9.17, 15) is 32.0 Å². The number of aromatic amines is 1. The summed E-state index contributed by atoms with van der Waals surface area (Å²) < 4.78 is 73.3. The summed E-state index contributed by atoms with van der Waals surface area (Å²) >= 11 is 0. The molecule has 15 nitrogen and oxygen atoms in total. The largest absolute Gasteiger partial charge is 0.371 e. The molecule has 8 heterocycles. The Kier molecular flexibility index (Phi) is 10.8. The Balaban J connectivity index is 0.729. The molecule has 3 N–H and O–H groups in total. The Morgan fingerprint density at radius 3 is 2.37 bits per heavy atom. The van der Waals surface area contributed by atoms with Crippen molar-refractivity contribution in [1.82, 2.24) is 29.4 Å². The molecule has 5 aromatic rings. The minimum atomic E-state index is -4.36. The topological polar surface area (TPSA) is 171 Å². The molecule has 6 aliphatic heterocycles. The number of imide groups is 1. The molecule has 67 heavy (non-hydrogen) atoms. The molecule has 11 rings (SSSR count). The van der Waals surface area contributed by atoms with E-state index in [1.165, 1.54) is 6.20 Å². The minimum absolute atomic E-state index is 0.00305. The average Bonchev–Trinajstić information content (AvgIpc) is 4.11. The second-order valence-corrected chi connectivity index (χ2v) is 20.3. The summed E-state index contributed by atoms with van der Waals surface area (Å²) in [7, 11) is -4.36. The van der Waals surface area contributed by atoms with Crippen molar-refractivity contribution in [2.75, 3.05) is 60.3 Å². The van der Waals surface area contributed by atoms with Gasteiger partial charge in [-0.15, -0.1) is 0 Å². The van der Waals surface area contributed by atoms with Crippen LogP contribution in [0.2, 0.25) is 0 Å². The lowest BCUT2D eigenvalue weighted by molar-refractivity contribution is -0.136. The number of hydrogen-bond donors (Lipinski definition) is 3. The quantitative estimate of drug-likeness (QED) is 0.122. The average molecular weight is 936 g/mol. The number of carbonyl (C=O) groups is 4. The molecule has 348 valence electrons. The fourth-order valence-corrected chi connectivity index (χ4v) is 12.4. The molecule has 0 aliphatic carbocycles. The highest BCUT2D eigenvalue weighted by atomic mass is 32.2. The summed E-state index contributed by atoms with van der Waals surface area (Å²) in [5, 5.41) is 2.71. The molecule has 0 spiro atoms. The fourth-order valence-electron chi connectivity index (χ4n) is 11.2. The third kappa shape index (κ3) is 7.89. The van der Waals surface area contributed by atoms with Gasteiger partial charge in [-0.2, -0.15) is 12.7 Å². The maximum atomic E-state index is 15.8. The predicted molar refractivity (Wildman–Crippen MR) is 243 cm³/mol. The van der Waals surface area contributed by atoms with Gasteiger partial charge in [-0.3, -0.25) is 34.1 Å². The van der Waals surface area contributed by atoms with E-state index in [4.69, 9.17) is 0 Å². The van der Waals surface area contributed by atoms with Crippen LogP contribution in [0, 0.1) is 17.6 Å². The number of ketones is 1. The molecular formula is C48H48F3N9O6S. The van der Waals surface area contributed by atoms with E-state index in [1.54, 1.807) is 17.2 Å². The fraction of sp³-hybridized carbons (Fsp3) is 0.396. The number of amides is 3. The Morgan fingerprint density at radius 2 is 1.61 bits per heavy atom. The highest BCUT2D eigenvalue weighted by molar-refractivity contribution is 7.90. The molecule has 0 radical (unpaired) electrons. The molecule has 3 amide bonds. The van der Waals surface area contributed by atoms with E-state index in [0.29, 0.717) is 53.1 Å². The van der Waals surface area contributed by atoms with E-state index in [0.717, 1.165) is 90.9 Å². The number of aromatic nitrogens is 2. The predicted octanol–water partition coefficient (Wildman–Crippen LogP) is 5.38. The first-order valence-corrected chi connectivity index (χ1v) is 24.3. The first-order valence-electron chi connectivity index (χ1n) is 22.8.